The standard InChI is InChI=1S/C42H46N4/c1-10-24(7)28-17-36-35(16-27(28)23(5)6)45-39-20-31-32(21-40(39)46-36)41(8)12-13-42(31,9)30-19-38-37(18-29(30)41)43-33-14-25(11-2)26(22(3)4)15-34(33)44-38/h14-24H,10-13H2,1-9H3. The van der Waals surface area contributed by atoms with Crippen molar-refractivity contribution in [2.24, 2.45) is 0 Å². The van der Waals surface area contributed by atoms with E-state index in [1.165, 1.54) is 44.5 Å². The third-order valence-electron chi connectivity index (χ3n) is 11.9. The highest BCUT2D eigenvalue weighted by atomic mass is 14.8. The summed E-state index contributed by atoms with van der Waals surface area (Å²) < 4.78 is 0. The largest absolute Gasteiger partial charge is 0.244 e. The van der Waals surface area contributed by atoms with E-state index in [9.17, 15) is 0 Å². The summed E-state index contributed by atoms with van der Waals surface area (Å²) in [6.45, 7) is 20.8. The molecule has 0 saturated carbocycles. The summed E-state index contributed by atoms with van der Waals surface area (Å²) in [4.78, 5) is 21.1. The van der Waals surface area contributed by atoms with Crippen LogP contribution >= 0.6 is 0 Å². The van der Waals surface area contributed by atoms with Gasteiger partial charge in [-0.15, -0.1) is 0 Å². The monoisotopic (exact) mass is 606 g/mol. The Morgan fingerprint density at radius 3 is 1.22 bits per heavy atom. The second-order valence-electron chi connectivity index (χ2n) is 15.4. The molecule has 0 amide bonds. The molecule has 6 aromatic rings. The summed E-state index contributed by atoms with van der Waals surface area (Å²) >= 11 is 0. The number of aromatic nitrogens is 4. The van der Waals surface area contributed by atoms with Crippen molar-refractivity contribution in [3.8, 4) is 0 Å². The Balaban J connectivity index is 1.34. The molecule has 4 aromatic carbocycles. The van der Waals surface area contributed by atoms with Crippen molar-refractivity contribution in [1.29, 1.82) is 0 Å². The maximum Gasteiger partial charge on any atom is 0.0897 e. The van der Waals surface area contributed by atoms with E-state index in [1.54, 1.807) is 0 Å². The second-order valence-corrected chi connectivity index (χ2v) is 15.4. The molecule has 3 atom stereocenters. The molecular weight excluding hydrogens is 560 g/mol. The van der Waals surface area contributed by atoms with Gasteiger partial charge in [0.15, 0.2) is 0 Å². The van der Waals surface area contributed by atoms with Crippen LogP contribution in [0.5, 0.6) is 0 Å². The molecule has 0 N–H and O–H groups in total. The lowest BCUT2D eigenvalue weighted by Gasteiger charge is -2.53. The minimum absolute atomic E-state index is 0.114. The molecule has 4 nitrogen and oxygen atoms in total. The molecule has 0 spiro atoms. The van der Waals surface area contributed by atoms with Crippen LogP contribution in [0.3, 0.4) is 0 Å². The Morgan fingerprint density at radius 1 is 0.500 bits per heavy atom. The van der Waals surface area contributed by atoms with Crippen LogP contribution in [0.4, 0.5) is 0 Å². The lowest BCUT2D eigenvalue weighted by molar-refractivity contribution is 0.328. The predicted octanol–water partition coefficient (Wildman–Crippen LogP) is 10.9. The van der Waals surface area contributed by atoms with Crippen LogP contribution in [-0.4, -0.2) is 19.9 Å². The van der Waals surface area contributed by atoms with E-state index in [0.717, 1.165) is 69.8 Å². The second kappa shape index (κ2) is 10.0. The van der Waals surface area contributed by atoms with Crippen molar-refractivity contribution in [3.05, 3.63) is 93.0 Å². The highest BCUT2D eigenvalue weighted by molar-refractivity contribution is 5.91. The van der Waals surface area contributed by atoms with Crippen molar-refractivity contribution >= 4 is 44.1 Å². The lowest BCUT2D eigenvalue weighted by Crippen LogP contribution is -2.46. The van der Waals surface area contributed by atoms with Gasteiger partial charge in [0.2, 0.25) is 0 Å². The van der Waals surface area contributed by atoms with Gasteiger partial charge in [0, 0.05) is 10.8 Å². The van der Waals surface area contributed by atoms with Crippen LogP contribution in [0, 0.1) is 0 Å². The summed E-state index contributed by atoms with van der Waals surface area (Å²) in [5.41, 5.74) is 18.9. The van der Waals surface area contributed by atoms with Gasteiger partial charge >= 0.3 is 0 Å². The molecule has 0 aliphatic heterocycles. The average Bonchev–Trinajstić information content (AvgIpc) is 3.04. The highest BCUT2D eigenvalue weighted by Crippen LogP contribution is 2.60. The van der Waals surface area contributed by atoms with Crippen molar-refractivity contribution < 1.29 is 0 Å². The number of hydrogen-bond acceptors (Lipinski definition) is 4. The number of rotatable bonds is 5. The maximum atomic E-state index is 5.29. The predicted molar refractivity (Wildman–Crippen MR) is 192 cm³/mol. The van der Waals surface area contributed by atoms with E-state index in [2.05, 4.69) is 111 Å². The van der Waals surface area contributed by atoms with Gasteiger partial charge in [-0.3, -0.25) is 0 Å². The first-order chi connectivity index (χ1) is 21.9. The normalized spacial score (nSPS) is 21.2. The Kier molecular flexibility index (Phi) is 6.43. The highest BCUT2D eigenvalue weighted by Gasteiger charge is 2.52. The molecule has 3 aliphatic rings. The van der Waals surface area contributed by atoms with Gasteiger partial charge in [-0.2, -0.15) is 0 Å². The minimum atomic E-state index is -0.114. The summed E-state index contributed by atoms with van der Waals surface area (Å²) in [5.74, 6) is 1.40. The fourth-order valence-electron chi connectivity index (χ4n) is 8.78. The Hall–Kier alpha value is -3.92. The van der Waals surface area contributed by atoms with E-state index >= 15 is 0 Å². The van der Waals surface area contributed by atoms with E-state index in [4.69, 9.17) is 19.9 Å². The van der Waals surface area contributed by atoms with Gasteiger partial charge < -0.3 is 0 Å². The van der Waals surface area contributed by atoms with Gasteiger partial charge in [0.05, 0.1) is 44.1 Å². The van der Waals surface area contributed by atoms with Gasteiger partial charge in [-0.1, -0.05) is 62.3 Å². The van der Waals surface area contributed by atoms with Crippen molar-refractivity contribution in [2.45, 2.75) is 117 Å². The molecule has 9 rings (SSSR count). The van der Waals surface area contributed by atoms with Gasteiger partial charge in [0.25, 0.3) is 0 Å². The number of nitrogens with zero attached hydrogens (tertiary/aromatic N) is 4. The molecular formula is C42H46N4. The van der Waals surface area contributed by atoms with E-state index in [1.807, 2.05) is 0 Å². The van der Waals surface area contributed by atoms with E-state index in [0.29, 0.717) is 17.8 Å². The average molecular weight is 607 g/mol. The third kappa shape index (κ3) is 4.04. The fraction of sp³-hybridized carbons (Fsp3) is 0.429. The molecule has 0 saturated heterocycles. The van der Waals surface area contributed by atoms with Gasteiger partial charge in [0.1, 0.15) is 0 Å². The van der Waals surface area contributed by atoms with E-state index < -0.39 is 0 Å². The number of aryl methyl sites for hydroxylation is 1. The van der Waals surface area contributed by atoms with Crippen LogP contribution in [0.1, 0.15) is 144 Å². The summed E-state index contributed by atoms with van der Waals surface area (Å²) in [7, 11) is 0. The number of benzene rings is 4. The zero-order valence-corrected chi connectivity index (χ0v) is 29.0. The molecule has 2 aromatic heterocycles. The summed E-state index contributed by atoms with van der Waals surface area (Å²) in [6.07, 6.45) is 4.33. The molecule has 2 heterocycles. The van der Waals surface area contributed by atoms with Crippen LogP contribution in [0.2, 0.25) is 0 Å². The number of fused-ring (bicyclic) bond motifs is 5. The fourth-order valence-corrected chi connectivity index (χ4v) is 8.78. The SMILES string of the molecule is CCc1cc2nc3cc4c(cc3nc2cc1C(C)C)C1(C)CCC4(C)c2cc3nc4cc(C(C)CC)c(C(C)C)cc4nc3cc21. The Bertz CT molecular complexity index is 2250. The van der Waals surface area contributed by atoms with Crippen molar-refractivity contribution in [3.63, 3.8) is 0 Å². The smallest absolute Gasteiger partial charge is 0.0897 e. The first-order valence-corrected chi connectivity index (χ1v) is 17.5. The van der Waals surface area contributed by atoms with Gasteiger partial charge in [-0.05, 0) is 136 Å². The molecule has 3 unspecified atom stereocenters. The molecule has 2 bridgehead atoms. The lowest BCUT2D eigenvalue weighted by atomic mass is 9.50. The van der Waals surface area contributed by atoms with Crippen LogP contribution in [-0.2, 0) is 17.3 Å². The van der Waals surface area contributed by atoms with Crippen LogP contribution in [0.25, 0.3) is 44.1 Å². The molecule has 0 fully saturated rings. The first kappa shape index (κ1) is 29.5. The maximum absolute atomic E-state index is 5.29. The van der Waals surface area contributed by atoms with Crippen LogP contribution < -0.4 is 0 Å². The van der Waals surface area contributed by atoms with E-state index in [-0.39, 0.29) is 10.8 Å². The zero-order chi connectivity index (χ0) is 32.3. The summed E-state index contributed by atoms with van der Waals surface area (Å²) in [6, 6.07) is 18.6. The zero-order valence-electron chi connectivity index (χ0n) is 29.0. The molecule has 4 heteroatoms. The molecule has 0 radical (unpaired) electrons. The third-order valence-corrected chi connectivity index (χ3v) is 11.9. The topological polar surface area (TPSA) is 51.6 Å². The summed E-state index contributed by atoms with van der Waals surface area (Å²) in [5, 5.41) is 0. The first-order valence-electron chi connectivity index (χ1n) is 17.5. The van der Waals surface area contributed by atoms with Gasteiger partial charge in [-0.25, -0.2) is 19.9 Å². The minimum Gasteiger partial charge on any atom is -0.244 e. The molecule has 46 heavy (non-hydrogen) atoms. The quantitative estimate of drug-likeness (QED) is 0.183. The van der Waals surface area contributed by atoms with Crippen molar-refractivity contribution in [1.82, 2.24) is 19.9 Å². The number of hydrogen-bond donors (Lipinski definition) is 0. The van der Waals surface area contributed by atoms with Crippen LogP contribution in [0.15, 0.2) is 48.5 Å². The van der Waals surface area contributed by atoms with Crippen molar-refractivity contribution in [2.75, 3.05) is 0 Å². The molecule has 234 valence electrons. The Labute approximate surface area is 273 Å². The Morgan fingerprint density at radius 2 is 0.848 bits per heavy atom. The molecule has 3 aliphatic carbocycles.